The smallest absolute Gasteiger partial charge is 0.250 e. The lowest BCUT2D eigenvalue weighted by atomic mass is 10.1. The summed E-state index contributed by atoms with van der Waals surface area (Å²) in [6.45, 7) is 4.81. The second kappa shape index (κ2) is 9.66. The van der Waals surface area contributed by atoms with Gasteiger partial charge in [-0.2, -0.15) is 5.10 Å². The molecule has 0 aliphatic rings. The van der Waals surface area contributed by atoms with Crippen molar-refractivity contribution < 1.29 is 4.79 Å². The van der Waals surface area contributed by atoms with Gasteiger partial charge in [-0.3, -0.25) is 4.79 Å². The van der Waals surface area contributed by atoms with Gasteiger partial charge in [0.2, 0.25) is 0 Å². The predicted octanol–water partition coefficient (Wildman–Crippen LogP) is 4.28. The molecule has 1 amide bonds. The van der Waals surface area contributed by atoms with E-state index in [0.29, 0.717) is 5.16 Å². The molecule has 0 radical (unpaired) electrons. The summed E-state index contributed by atoms with van der Waals surface area (Å²) in [7, 11) is 0. The predicted molar refractivity (Wildman–Crippen MR) is 116 cm³/mol. The molecule has 2 aromatic carbocycles. The summed E-state index contributed by atoms with van der Waals surface area (Å²) in [5.74, 6) is 0.818. The summed E-state index contributed by atoms with van der Waals surface area (Å²) in [5.41, 5.74) is 5.64. The van der Waals surface area contributed by atoms with Gasteiger partial charge in [-0.05, 0) is 31.5 Å². The first-order valence-corrected chi connectivity index (χ1v) is 10.5. The molecule has 0 saturated heterocycles. The van der Waals surface area contributed by atoms with Gasteiger partial charge in [-0.25, -0.2) is 5.43 Å². The summed E-state index contributed by atoms with van der Waals surface area (Å²) >= 11 is 4.74. The zero-order valence-electron chi connectivity index (χ0n) is 15.6. The average molecular weight is 458 g/mol. The molecule has 1 N–H and O–H groups in total. The van der Waals surface area contributed by atoms with Gasteiger partial charge < -0.3 is 4.57 Å². The van der Waals surface area contributed by atoms with Gasteiger partial charge in [0.15, 0.2) is 11.0 Å². The Labute approximate surface area is 176 Å². The van der Waals surface area contributed by atoms with Crippen molar-refractivity contribution in [3.05, 3.63) is 64.1 Å². The minimum atomic E-state index is -0.196. The van der Waals surface area contributed by atoms with E-state index in [2.05, 4.69) is 36.7 Å². The van der Waals surface area contributed by atoms with Crippen molar-refractivity contribution in [3.8, 4) is 11.4 Å². The lowest BCUT2D eigenvalue weighted by Gasteiger charge is -2.07. The van der Waals surface area contributed by atoms with Gasteiger partial charge in [0.05, 0.1) is 12.0 Å². The van der Waals surface area contributed by atoms with Gasteiger partial charge in [-0.1, -0.05) is 69.7 Å². The van der Waals surface area contributed by atoms with E-state index in [0.717, 1.165) is 28.0 Å². The van der Waals surface area contributed by atoms with Crippen LogP contribution in [0.3, 0.4) is 0 Å². The molecule has 0 aliphatic carbocycles. The second-order valence-corrected chi connectivity index (χ2v) is 7.91. The van der Waals surface area contributed by atoms with Crippen molar-refractivity contribution in [1.29, 1.82) is 0 Å². The molecular weight excluding hydrogens is 438 g/mol. The Morgan fingerprint density at radius 1 is 1.25 bits per heavy atom. The van der Waals surface area contributed by atoms with Gasteiger partial charge in [-0.15, -0.1) is 10.2 Å². The van der Waals surface area contributed by atoms with Crippen LogP contribution in [0, 0.1) is 6.92 Å². The van der Waals surface area contributed by atoms with Crippen LogP contribution >= 0.6 is 27.7 Å². The lowest BCUT2D eigenvalue weighted by Crippen LogP contribution is -2.20. The molecule has 3 rings (SSSR count). The van der Waals surface area contributed by atoms with Gasteiger partial charge >= 0.3 is 0 Å². The number of nitrogens with zero attached hydrogens (tertiary/aromatic N) is 4. The molecule has 1 aromatic heterocycles. The van der Waals surface area contributed by atoms with Gasteiger partial charge in [0, 0.05) is 16.6 Å². The third-order valence-corrected chi connectivity index (χ3v) is 5.39. The number of carbonyl (C=O) groups excluding carboxylic acids is 1. The maximum atomic E-state index is 12.1. The lowest BCUT2D eigenvalue weighted by molar-refractivity contribution is -0.118. The summed E-state index contributed by atoms with van der Waals surface area (Å²) in [6.07, 6.45) is 1.61. The SMILES string of the molecule is CCn1c(SCC(=O)N/N=C/c2cccc(Br)c2)nnc1-c1ccc(C)cc1. The highest BCUT2D eigenvalue weighted by molar-refractivity contribution is 9.10. The maximum absolute atomic E-state index is 12.1. The molecule has 0 unspecified atom stereocenters. The van der Waals surface area contributed by atoms with Crippen molar-refractivity contribution in [2.45, 2.75) is 25.5 Å². The zero-order valence-corrected chi connectivity index (χ0v) is 18.0. The molecule has 144 valence electrons. The summed E-state index contributed by atoms with van der Waals surface area (Å²) < 4.78 is 2.97. The van der Waals surface area contributed by atoms with Crippen LogP contribution in [0.15, 0.2) is 63.3 Å². The number of rotatable bonds is 7. The highest BCUT2D eigenvalue weighted by Crippen LogP contribution is 2.24. The minimum Gasteiger partial charge on any atom is -0.302 e. The molecule has 3 aromatic rings. The largest absolute Gasteiger partial charge is 0.302 e. The fourth-order valence-electron chi connectivity index (χ4n) is 2.52. The Kier molecular flexibility index (Phi) is 7.00. The third-order valence-electron chi connectivity index (χ3n) is 3.93. The molecule has 0 saturated carbocycles. The van der Waals surface area contributed by atoms with E-state index >= 15 is 0 Å². The Morgan fingerprint density at radius 3 is 2.75 bits per heavy atom. The molecule has 0 atom stereocenters. The standard InChI is InChI=1S/C20H20BrN5OS/c1-3-26-19(16-9-7-14(2)8-10-16)24-25-20(26)28-13-18(27)23-22-12-15-5-4-6-17(21)11-15/h4-12H,3,13H2,1-2H3,(H,23,27)/b22-12+. The van der Waals surface area contributed by atoms with Crippen LogP contribution < -0.4 is 5.43 Å². The van der Waals surface area contributed by atoms with Crippen LogP contribution in [0.5, 0.6) is 0 Å². The molecule has 1 heterocycles. The van der Waals surface area contributed by atoms with E-state index in [-0.39, 0.29) is 11.7 Å². The summed E-state index contributed by atoms with van der Waals surface area (Å²) in [5, 5.41) is 13.3. The van der Waals surface area contributed by atoms with Crippen molar-refractivity contribution in [3.63, 3.8) is 0 Å². The number of hydrogen-bond acceptors (Lipinski definition) is 5. The summed E-state index contributed by atoms with van der Waals surface area (Å²) in [4.78, 5) is 12.1. The monoisotopic (exact) mass is 457 g/mol. The summed E-state index contributed by atoms with van der Waals surface area (Å²) in [6, 6.07) is 15.8. The van der Waals surface area contributed by atoms with Crippen LogP contribution in [0.1, 0.15) is 18.1 Å². The molecule has 8 heteroatoms. The molecule has 6 nitrogen and oxygen atoms in total. The van der Waals surface area contributed by atoms with Gasteiger partial charge in [0.1, 0.15) is 0 Å². The number of aryl methyl sites for hydroxylation is 1. The quantitative estimate of drug-likeness (QED) is 0.326. The molecule has 0 bridgehead atoms. The number of thioether (sulfide) groups is 1. The second-order valence-electron chi connectivity index (χ2n) is 6.05. The Balaban J connectivity index is 1.59. The Morgan fingerprint density at radius 2 is 2.04 bits per heavy atom. The number of benzene rings is 2. The maximum Gasteiger partial charge on any atom is 0.250 e. The van der Waals surface area contributed by atoms with E-state index < -0.39 is 0 Å². The minimum absolute atomic E-state index is 0.196. The molecule has 0 fully saturated rings. The van der Waals surface area contributed by atoms with E-state index in [4.69, 9.17) is 0 Å². The Bertz CT molecular complexity index is 985. The number of hydrazone groups is 1. The van der Waals surface area contributed by atoms with Crippen molar-refractivity contribution >= 4 is 39.8 Å². The number of carbonyl (C=O) groups is 1. The number of amides is 1. The molecule has 0 aliphatic heterocycles. The number of aromatic nitrogens is 3. The van der Waals surface area contributed by atoms with E-state index in [1.807, 2.05) is 66.9 Å². The topological polar surface area (TPSA) is 72.2 Å². The fraction of sp³-hybridized carbons (Fsp3) is 0.200. The highest BCUT2D eigenvalue weighted by Gasteiger charge is 2.14. The van der Waals surface area contributed by atoms with Crippen LogP contribution in [0.4, 0.5) is 0 Å². The zero-order chi connectivity index (χ0) is 19.9. The first-order chi connectivity index (χ1) is 13.6. The number of halogens is 1. The van der Waals surface area contributed by atoms with Crippen molar-refractivity contribution in [2.24, 2.45) is 5.10 Å². The Hall–Kier alpha value is -2.45. The first kappa shape index (κ1) is 20.3. The molecule has 28 heavy (non-hydrogen) atoms. The van der Waals surface area contributed by atoms with Crippen LogP contribution in [-0.2, 0) is 11.3 Å². The van der Waals surface area contributed by atoms with E-state index in [1.165, 1.54) is 17.3 Å². The average Bonchev–Trinajstić information content (AvgIpc) is 3.10. The highest BCUT2D eigenvalue weighted by atomic mass is 79.9. The third kappa shape index (κ3) is 5.30. The van der Waals surface area contributed by atoms with Gasteiger partial charge in [0.25, 0.3) is 5.91 Å². The van der Waals surface area contributed by atoms with Crippen LogP contribution in [-0.4, -0.2) is 32.6 Å². The van der Waals surface area contributed by atoms with Crippen molar-refractivity contribution in [1.82, 2.24) is 20.2 Å². The van der Waals surface area contributed by atoms with Crippen LogP contribution in [0.25, 0.3) is 11.4 Å². The number of nitrogens with one attached hydrogen (secondary N) is 1. The normalized spacial score (nSPS) is 11.1. The van der Waals surface area contributed by atoms with Crippen LogP contribution in [0.2, 0.25) is 0 Å². The number of hydrogen-bond donors (Lipinski definition) is 1. The molecule has 0 spiro atoms. The van der Waals surface area contributed by atoms with E-state index in [9.17, 15) is 4.79 Å². The molecular formula is C20H20BrN5OS. The van der Waals surface area contributed by atoms with Crippen molar-refractivity contribution in [2.75, 3.05) is 5.75 Å². The first-order valence-electron chi connectivity index (χ1n) is 8.77. The van der Waals surface area contributed by atoms with E-state index in [1.54, 1.807) is 6.21 Å². The fourth-order valence-corrected chi connectivity index (χ4v) is 3.74.